The third kappa shape index (κ3) is 9.25. The Morgan fingerprint density at radius 1 is 1.36 bits per heavy atom. The monoisotopic (exact) mass is 527 g/mol. The van der Waals surface area contributed by atoms with Crippen LogP contribution in [0.1, 0.15) is 27.2 Å². The molecule has 1 aromatic heterocycles. The first-order valence-corrected chi connectivity index (χ1v) is 7.47. The SMILES string of the molecule is C/C(O)=C/C(=O)CC(C)C.Fc1c[c-]c(-c2ccccn2)c(F)c1.[Pt]. The van der Waals surface area contributed by atoms with E-state index in [4.69, 9.17) is 5.11 Å². The van der Waals surface area contributed by atoms with E-state index in [9.17, 15) is 13.6 Å². The van der Waals surface area contributed by atoms with E-state index >= 15 is 0 Å². The summed E-state index contributed by atoms with van der Waals surface area (Å²) in [4.78, 5) is 14.8. The molecule has 2 aromatic rings. The molecule has 0 unspecified atom stereocenters. The van der Waals surface area contributed by atoms with Gasteiger partial charge in [-0.1, -0.05) is 37.6 Å². The molecule has 138 valence electrons. The molecule has 0 aliphatic rings. The van der Waals surface area contributed by atoms with Crippen LogP contribution in [0.25, 0.3) is 11.3 Å². The maximum absolute atomic E-state index is 13.2. The summed E-state index contributed by atoms with van der Waals surface area (Å²) in [6, 6.07) is 9.53. The van der Waals surface area contributed by atoms with Crippen LogP contribution >= 0.6 is 0 Å². The van der Waals surface area contributed by atoms with Gasteiger partial charge in [0.05, 0.1) is 5.76 Å². The fraction of sp³-hybridized carbons (Fsp3) is 0.263. The van der Waals surface area contributed by atoms with Gasteiger partial charge in [-0.15, -0.1) is 12.1 Å². The molecule has 0 saturated heterocycles. The van der Waals surface area contributed by atoms with E-state index in [0.29, 0.717) is 18.0 Å². The summed E-state index contributed by atoms with van der Waals surface area (Å²) in [7, 11) is 0. The summed E-state index contributed by atoms with van der Waals surface area (Å²) in [6.07, 6.45) is 3.32. The van der Waals surface area contributed by atoms with Crippen LogP contribution in [-0.2, 0) is 25.9 Å². The van der Waals surface area contributed by atoms with Crippen LogP contribution in [0, 0.1) is 23.6 Å². The minimum atomic E-state index is -0.649. The Bertz CT molecular complexity index is 700. The Balaban J connectivity index is 0.000000471. The van der Waals surface area contributed by atoms with Gasteiger partial charge in [0.25, 0.3) is 0 Å². The van der Waals surface area contributed by atoms with Crippen molar-refractivity contribution in [3.8, 4) is 11.3 Å². The Hall–Kier alpha value is -1.87. The molecule has 0 radical (unpaired) electrons. The van der Waals surface area contributed by atoms with Gasteiger partial charge in [-0.3, -0.25) is 13.6 Å². The van der Waals surface area contributed by atoms with E-state index in [1.54, 1.807) is 24.4 Å². The Labute approximate surface area is 161 Å². The average Bonchev–Trinajstić information content (AvgIpc) is 2.47. The van der Waals surface area contributed by atoms with Crippen molar-refractivity contribution in [2.75, 3.05) is 0 Å². The van der Waals surface area contributed by atoms with Crippen LogP contribution in [0.4, 0.5) is 8.78 Å². The van der Waals surface area contributed by atoms with Gasteiger partial charge in [0.15, 0.2) is 5.78 Å². The fourth-order valence-corrected chi connectivity index (χ4v) is 1.85. The molecule has 0 atom stereocenters. The number of aromatic nitrogens is 1. The first-order chi connectivity index (χ1) is 11.3. The Morgan fingerprint density at radius 3 is 2.52 bits per heavy atom. The minimum Gasteiger partial charge on any atom is -0.512 e. The molecular formula is C19H20F2NO2Pt-. The summed E-state index contributed by atoms with van der Waals surface area (Å²) in [5.74, 6) is -0.838. The zero-order chi connectivity index (χ0) is 18.1. The second-order valence-electron chi connectivity index (χ2n) is 5.61. The summed E-state index contributed by atoms with van der Waals surface area (Å²) < 4.78 is 25.8. The molecule has 6 heteroatoms. The van der Waals surface area contributed by atoms with Gasteiger partial charge in [-0.25, -0.2) is 0 Å². The molecule has 2 rings (SSSR count). The van der Waals surface area contributed by atoms with Gasteiger partial charge in [-0.05, 0) is 24.6 Å². The van der Waals surface area contributed by atoms with Gasteiger partial charge >= 0.3 is 0 Å². The molecule has 0 aliphatic heterocycles. The third-order valence-corrected chi connectivity index (χ3v) is 2.76. The molecule has 0 spiro atoms. The number of benzene rings is 1. The molecule has 25 heavy (non-hydrogen) atoms. The molecule has 1 N–H and O–H groups in total. The smallest absolute Gasteiger partial charge is 0.159 e. The van der Waals surface area contributed by atoms with Gasteiger partial charge in [0, 0.05) is 51.4 Å². The van der Waals surface area contributed by atoms with E-state index < -0.39 is 11.6 Å². The molecule has 0 amide bonds. The van der Waals surface area contributed by atoms with E-state index in [1.165, 1.54) is 13.0 Å². The third-order valence-electron chi connectivity index (χ3n) is 2.76. The quantitative estimate of drug-likeness (QED) is 0.350. The van der Waals surface area contributed by atoms with Crippen LogP contribution in [0.15, 0.2) is 48.4 Å². The molecule has 0 saturated carbocycles. The molecule has 1 heterocycles. The first kappa shape index (κ1) is 23.1. The van der Waals surface area contributed by atoms with Crippen LogP contribution in [0.3, 0.4) is 0 Å². The predicted octanol–water partition coefficient (Wildman–Crippen LogP) is 4.89. The van der Waals surface area contributed by atoms with Crippen molar-refractivity contribution >= 4 is 5.78 Å². The summed E-state index contributed by atoms with van der Waals surface area (Å²) in [5, 5.41) is 8.68. The first-order valence-electron chi connectivity index (χ1n) is 7.47. The van der Waals surface area contributed by atoms with Crippen LogP contribution < -0.4 is 0 Å². The fourth-order valence-electron chi connectivity index (χ4n) is 1.85. The molecule has 0 bridgehead atoms. The Kier molecular flexibility index (Phi) is 10.8. The van der Waals surface area contributed by atoms with Gasteiger partial charge in [0.1, 0.15) is 0 Å². The number of hydrogen-bond donors (Lipinski definition) is 1. The van der Waals surface area contributed by atoms with Gasteiger partial charge in [-0.2, -0.15) is 0 Å². The number of rotatable bonds is 4. The second kappa shape index (κ2) is 11.6. The summed E-state index contributed by atoms with van der Waals surface area (Å²) in [5.41, 5.74) is 0.636. The zero-order valence-corrected chi connectivity index (χ0v) is 16.5. The van der Waals surface area contributed by atoms with Crippen molar-refractivity contribution in [2.24, 2.45) is 5.92 Å². The number of pyridine rings is 1. The van der Waals surface area contributed by atoms with Crippen molar-refractivity contribution in [3.05, 3.63) is 66.1 Å². The van der Waals surface area contributed by atoms with E-state index in [-0.39, 0.29) is 38.2 Å². The topological polar surface area (TPSA) is 50.2 Å². The minimum absolute atomic E-state index is 0. The van der Waals surface area contributed by atoms with Crippen molar-refractivity contribution in [1.82, 2.24) is 4.98 Å². The second-order valence-corrected chi connectivity index (χ2v) is 5.61. The van der Waals surface area contributed by atoms with Crippen molar-refractivity contribution in [1.29, 1.82) is 0 Å². The number of allylic oxidation sites excluding steroid dienone is 2. The number of ketones is 1. The molecule has 3 nitrogen and oxygen atoms in total. The average molecular weight is 527 g/mol. The number of carbonyl (C=O) groups excluding carboxylic acids is 1. The molecule has 0 fully saturated rings. The van der Waals surface area contributed by atoms with Gasteiger partial charge in [0.2, 0.25) is 0 Å². The van der Waals surface area contributed by atoms with Crippen LogP contribution in [-0.4, -0.2) is 15.9 Å². The van der Waals surface area contributed by atoms with Gasteiger partial charge < -0.3 is 10.1 Å². The Morgan fingerprint density at radius 2 is 2.04 bits per heavy atom. The number of carbonyl (C=O) groups is 1. The number of hydrogen-bond acceptors (Lipinski definition) is 3. The molecule has 0 aliphatic carbocycles. The number of halogens is 2. The van der Waals surface area contributed by atoms with Crippen LogP contribution in [0.5, 0.6) is 0 Å². The van der Waals surface area contributed by atoms with E-state index in [0.717, 1.165) is 12.1 Å². The normalized spacial score (nSPS) is 10.6. The zero-order valence-electron chi connectivity index (χ0n) is 14.2. The van der Waals surface area contributed by atoms with E-state index in [2.05, 4.69) is 11.1 Å². The summed E-state index contributed by atoms with van der Waals surface area (Å²) >= 11 is 0. The van der Waals surface area contributed by atoms with E-state index in [1.807, 2.05) is 13.8 Å². The van der Waals surface area contributed by atoms with Crippen molar-refractivity contribution in [3.63, 3.8) is 0 Å². The van der Waals surface area contributed by atoms with Crippen molar-refractivity contribution < 1.29 is 39.7 Å². The standard InChI is InChI=1S/C11H6F2N.C8H14O2.Pt/c12-8-4-5-9(10(13)7-8)11-3-1-2-6-14-11;1-6(2)4-8(10)5-7(3)9;/h1-4,6-7H;5-6,9H,4H2,1-3H3;/q-1;;/b;7-5-;. The van der Waals surface area contributed by atoms with Crippen LogP contribution in [0.2, 0.25) is 0 Å². The molecule has 1 aromatic carbocycles. The number of nitrogens with zero attached hydrogens (tertiary/aromatic N) is 1. The maximum atomic E-state index is 13.2. The maximum Gasteiger partial charge on any atom is 0.159 e. The summed E-state index contributed by atoms with van der Waals surface area (Å²) in [6.45, 7) is 5.44. The number of aliphatic hydroxyl groups is 1. The largest absolute Gasteiger partial charge is 0.512 e. The molecular weight excluding hydrogens is 507 g/mol. The van der Waals surface area contributed by atoms with Crippen molar-refractivity contribution in [2.45, 2.75) is 27.2 Å². The predicted molar refractivity (Wildman–Crippen MR) is 89.3 cm³/mol. The number of aliphatic hydroxyl groups excluding tert-OH is 1.